The monoisotopic (exact) mass is 269 g/mol. The lowest BCUT2D eigenvalue weighted by Crippen LogP contribution is -2.10. The number of nitrogens with zero attached hydrogens (tertiary/aromatic N) is 2. The zero-order chi connectivity index (χ0) is 13.9. The highest BCUT2D eigenvalue weighted by atomic mass is 16.3. The van der Waals surface area contributed by atoms with Crippen LogP contribution in [0.2, 0.25) is 0 Å². The van der Waals surface area contributed by atoms with Gasteiger partial charge in [0, 0.05) is 10.9 Å². The van der Waals surface area contributed by atoms with E-state index >= 15 is 0 Å². The van der Waals surface area contributed by atoms with Gasteiger partial charge in [0.1, 0.15) is 11.5 Å². The molecule has 0 bridgehead atoms. The second kappa shape index (κ2) is 5.51. The highest BCUT2D eigenvalue weighted by Crippen LogP contribution is 2.19. The summed E-state index contributed by atoms with van der Waals surface area (Å²) in [5.74, 6) is 1.95. The van der Waals surface area contributed by atoms with E-state index < -0.39 is 0 Å². The van der Waals surface area contributed by atoms with Crippen LogP contribution in [0.3, 0.4) is 0 Å². The molecule has 0 saturated heterocycles. The van der Waals surface area contributed by atoms with Gasteiger partial charge >= 0.3 is 0 Å². The molecule has 0 unspecified atom stereocenters. The summed E-state index contributed by atoms with van der Waals surface area (Å²) in [6.07, 6.45) is 1.91. The summed E-state index contributed by atoms with van der Waals surface area (Å²) in [5.41, 5.74) is 2.34. The summed E-state index contributed by atoms with van der Waals surface area (Å²) in [5, 5.41) is 8.91. The SMILES string of the molecule is CCNCc1cc(Cn2ncc3ccccc32)c(C)o1. The Bertz CT molecular complexity index is 711. The fourth-order valence-corrected chi connectivity index (χ4v) is 2.39. The van der Waals surface area contributed by atoms with Crippen LogP contribution in [0.1, 0.15) is 24.0 Å². The van der Waals surface area contributed by atoms with Crippen molar-refractivity contribution in [2.45, 2.75) is 26.9 Å². The van der Waals surface area contributed by atoms with E-state index in [1.807, 2.05) is 29.9 Å². The minimum atomic E-state index is 0.745. The average Bonchev–Trinajstić information content (AvgIpc) is 3.02. The molecule has 2 aromatic heterocycles. The molecule has 0 aliphatic carbocycles. The first kappa shape index (κ1) is 12.9. The molecular weight excluding hydrogens is 250 g/mol. The van der Waals surface area contributed by atoms with Crippen molar-refractivity contribution < 1.29 is 4.42 Å². The van der Waals surface area contributed by atoms with E-state index in [2.05, 4.69) is 35.5 Å². The molecule has 1 aromatic carbocycles. The van der Waals surface area contributed by atoms with Crippen LogP contribution < -0.4 is 5.32 Å². The van der Waals surface area contributed by atoms with Crippen molar-refractivity contribution >= 4 is 10.9 Å². The van der Waals surface area contributed by atoms with Crippen molar-refractivity contribution in [2.24, 2.45) is 0 Å². The number of aryl methyl sites for hydroxylation is 1. The summed E-state index contributed by atoms with van der Waals surface area (Å²) >= 11 is 0. The second-order valence-corrected chi connectivity index (χ2v) is 4.94. The number of hydrogen-bond acceptors (Lipinski definition) is 3. The first-order chi connectivity index (χ1) is 9.78. The second-order valence-electron chi connectivity index (χ2n) is 4.94. The van der Waals surface area contributed by atoms with Crippen LogP contribution in [0.5, 0.6) is 0 Å². The average molecular weight is 269 g/mol. The minimum Gasteiger partial charge on any atom is -0.465 e. The van der Waals surface area contributed by atoms with E-state index in [-0.39, 0.29) is 0 Å². The van der Waals surface area contributed by atoms with Crippen LogP contribution in [-0.2, 0) is 13.1 Å². The van der Waals surface area contributed by atoms with E-state index in [0.29, 0.717) is 0 Å². The number of fused-ring (bicyclic) bond motifs is 1. The summed E-state index contributed by atoms with van der Waals surface area (Å²) in [4.78, 5) is 0. The molecule has 0 aliphatic heterocycles. The fraction of sp³-hybridized carbons (Fsp3) is 0.312. The molecule has 2 heterocycles. The quantitative estimate of drug-likeness (QED) is 0.774. The van der Waals surface area contributed by atoms with Crippen LogP contribution in [0, 0.1) is 6.92 Å². The summed E-state index contributed by atoms with van der Waals surface area (Å²) < 4.78 is 7.79. The highest BCUT2D eigenvalue weighted by Gasteiger charge is 2.09. The van der Waals surface area contributed by atoms with Crippen LogP contribution in [-0.4, -0.2) is 16.3 Å². The van der Waals surface area contributed by atoms with Gasteiger partial charge in [-0.15, -0.1) is 0 Å². The molecule has 104 valence electrons. The van der Waals surface area contributed by atoms with Crippen molar-refractivity contribution in [2.75, 3.05) is 6.54 Å². The van der Waals surface area contributed by atoms with Gasteiger partial charge in [-0.05, 0) is 25.6 Å². The van der Waals surface area contributed by atoms with Crippen molar-refractivity contribution in [3.05, 3.63) is 53.6 Å². The Labute approximate surface area is 118 Å². The third kappa shape index (κ3) is 2.47. The number of nitrogens with one attached hydrogen (secondary N) is 1. The first-order valence-electron chi connectivity index (χ1n) is 6.97. The predicted octanol–water partition coefficient (Wildman–Crippen LogP) is 3.10. The zero-order valence-electron chi connectivity index (χ0n) is 11.9. The van der Waals surface area contributed by atoms with Gasteiger partial charge in [-0.2, -0.15) is 5.10 Å². The van der Waals surface area contributed by atoms with E-state index in [0.717, 1.165) is 36.7 Å². The Morgan fingerprint density at radius 1 is 1.30 bits per heavy atom. The van der Waals surface area contributed by atoms with Gasteiger partial charge in [0.05, 0.1) is 24.8 Å². The van der Waals surface area contributed by atoms with E-state index in [1.165, 1.54) is 10.9 Å². The molecule has 4 nitrogen and oxygen atoms in total. The fourth-order valence-electron chi connectivity index (χ4n) is 2.39. The van der Waals surface area contributed by atoms with Crippen molar-refractivity contribution in [1.29, 1.82) is 0 Å². The van der Waals surface area contributed by atoms with E-state index in [9.17, 15) is 0 Å². The maximum absolute atomic E-state index is 5.77. The first-order valence-corrected chi connectivity index (χ1v) is 6.97. The molecule has 0 radical (unpaired) electrons. The lowest BCUT2D eigenvalue weighted by molar-refractivity contribution is 0.462. The van der Waals surface area contributed by atoms with E-state index in [4.69, 9.17) is 4.42 Å². The van der Waals surface area contributed by atoms with Gasteiger partial charge in [-0.3, -0.25) is 4.68 Å². The number of hydrogen-bond donors (Lipinski definition) is 1. The molecular formula is C16H19N3O. The predicted molar refractivity (Wildman–Crippen MR) is 79.7 cm³/mol. The number of para-hydroxylation sites is 1. The zero-order valence-corrected chi connectivity index (χ0v) is 11.9. The van der Waals surface area contributed by atoms with E-state index in [1.54, 1.807) is 0 Å². The van der Waals surface area contributed by atoms with Crippen LogP contribution >= 0.6 is 0 Å². The maximum atomic E-state index is 5.77. The number of furan rings is 1. The maximum Gasteiger partial charge on any atom is 0.118 e. The number of benzene rings is 1. The van der Waals surface area contributed by atoms with Crippen molar-refractivity contribution in [3.8, 4) is 0 Å². The molecule has 0 atom stereocenters. The van der Waals surface area contributed by atoms with Crippen LogP contribution in [0.15, 0.2) is 40.9 Å². The molecule has 0 saturated carbocycles. The van der Waals surface area contributed by atoms with Gasteiger partial charge in [0.15, 0.2) is 0 Å². The van der Waals surface area contributed by atoms with Crippen molar-refractivity contribution in [3.63, 3.8) is 0 Å². The normalized spacial score (nSPS) is 11.3. The number of aromatic nitrogens is 2. The topological polar surface area (TPSA) is 43.0 Å². The lowest BCUT2D eigenvalue weighted by Gasteiger charge is -2.02. The minimum absolute atomic E-state index is 0.745. The highest BCUT2D eigenvalue weighted by molar-refractivity contribution is 5.78. The molecule has 4 heteroatoms. The third-order valence-electron chi connectivity index (χ3n) is 3.49. The van der Waals surface area contributed by atoms with Gasteiger partial charge in [-0.25, -0.2) is 0 Å². The molecule has 3 aromatic rings. The standard InChI is InChI=1S/C16H19N3O/c1-3-17-10-15-8-14(12(2)20-15)11-19-16-7-5-4-6-13(16)9-18-19/h4-9,17H,3,10-11H2,1-2H3. The Kier molecular flexibility index (Phi) is 3.56. The van der Waals surface area contributed by atoms with Gasteiger partial charge in [0.25, 0.3) is 0 Å². The Morgan fingerprint density at radius 2 is 2.15 bits per heavy atom. The Hall–Kier alpha value is -2.07. The van der Waals surface area contributed by atoms with Gasteiger partial charge < -0.3 is 9.73 Å². The molecule has 0 spiro atoms. The summed E-state index contributed by atoms with van der Waals surface area (Å²) in [6, 6.07) is 10.4. The molecule has 0 amide bonds. The number of rotatable bonds is 5. The van der Waals surface area contributed by atoms with Crippen LogP contribution in [0.25, 0.3) is 10.9 Å². The molecule has 0 aliphatic rings. The Balaban J connectivity index is 1.85. The molecule has 1 N–H and O–H groups in total. The largest absolute Gasteiger partial charge is 0.465 e. The van der Waals surface area contributed by atoms with Gasteiger partial charge in [0.2, 0.25) is 0 Å². The molecule has 3 rings (SSSR count). The smallest absolute Gasteiger partial charge is 0.118 e. The lowest BCUT2D eigenvalue weighted by atomic mass is 10.2. The molecule has 0 fully saturated rings. The van der Waals surface area contributed by atoms with Crippen LogP contribution in [0.4, 0.5) is 0 Å². The third-order valence-corrected chi connectivity index (χ3v) is 3.49. The van der Waals surface area contributed by atoms with Crippen molar-refractivity contribution in [1.82, 2.24) is 15.1 Å². The molecule has 20 heavy (non-hydrogen) atoms. The van der Waals surface area contributed by atoms with Gasteiger partial charge in [-0.1, -0.05) is 25.1 Å². The summed E-state index contributed by atoms with van der Waals surface area (Å²) in [6.45, 7) is 6.56. The Morgan fingerprint density at radius 3 is 3.00 bits per heavy atom. The summed E-state index contributed by atoms with van der Waals surface area (Å²) in [7, 11) is 0.